The lowest BCUT2D eigenvalue weighted by Gasteiger charge is -2.22. The Balaban J connectivity index is 2.20. The van der Waals surface area contributed by atoms with Gasteiger partial charge in [-0.1, -0.05) is 24.3 Å². The molecule has 0 aliphatic carbocycles. The summed E-state index contributed by atoms with van der Waals surface area (Å²) in [5.74, 6) is 0.624. The van der Waals surface area contributed by atoms with E-state index in [0.29, 0.717) is 24.4 Å². The van der Waals surface area contributed by atoms with Gasteiger partial charge >= 0.3 is 0 Å². The maximum Gasteiger partial charge on any atom is 0.227 e. The van der Waals surface area contributed by atoms with Crippen LogP contribution in [-0.4, -0.2) is 30.2 Å². The summed E-state index contributed by atoms with van der Waals surface area (Å²) in [5.41, 5.74) is 3.64. The Morgan fingerprint density at radius 3 is 2.40 bits per heavy atom. The highest BCUT2D eigenvalue weighted by molar-refractivity contribution is 5.94. The van der Waals surface area contributed by atoms with Crippen molar-refractivity contribution < 1.29 is 14.3 Å². The van der Waals surface area contributed by atoms with Gasteiger partial charge in [-0.05, 0) is 50.1 Å². The number of rotatable bonds is 7. The van der Waals surface area contributed by atoms with Gasteiger partial charge in [-0.25, -0.2) is 0 Å². The van der Waals surface area contributed by atoms with Gasteiger partial charge in [0.1, 0.15) is 5.75 Å². The summed E-state index contributed by atoms with van der Waals surface area (Å²) in [6.07, 6.45) is 0.212. The first-order valence-corrected chi connectivity index (χ1v) is 8.46. The number of ketones is 1. The smallest absolute Gasteiger partial charge is 0.227 e. The summed E-state index contributed by atoms with van der Waals surface area (Å²) >= 11 is 0. The fourth-order valence-electron chi connectivity index (χ4n) is 2.78. The van der Waals surface area contributed by atoms with Gasteiger partial charge in [0.15, 0.2) is 5.78 Å². The zero-order chi connectivity index (χ0) is 18.4. The van der Waals surface area contributed by atoms with Crippen molar-refractivity contribution in [2.75, 3.05) is 13.7 Å². The molecule has 2 aromatic rings. The number of ether oxygens (including phenoxy) is 1. The second-order valence-electron chi connectivity index (χ2n) is 6.09. The molecule has 0 fully saturated rings. The van der Waals surface area contributed by atoms with Gasteiger partial charge in [0.05, 0.1) is 13.5 Å². The van der Waals surface area contributed by atoms with Gasteiger partial charge < -0.3 is 9.64 Å². The van der Waals surface area contributed by atoms with E-state index in [1.54, 1.807) is 25.3 Å². The predicted octanol–water partition coefficient (Wildman–Crippen LogP) is 3.80. The summed E-state index contributed by atoms with van der Waals surface area (Å²) in [4.78, 5) is 26.2. The Hall–Kier alpha value is -2.62. The number of hydrogen-bond acceptors (Lipinski definition) is 3. The number of Topliss-reactive ketones (excluding diaryl/α,β-unsaturated/α-hetero) is 1. The number of likely N-dealkylation sites (N-methyl/N-ethyl adjacent to an activating group) is 1. The largest absolute Gasteiger partial charge is 0.496 e. The number of benzene rings is 2. The Morgan fingerprint density at radius 1 is 1.08 bits per heavy atom. The van der Waals surface area contributed by atoms with Crippen LogP contribution in [0, 0.1) is 6.92 Å². The van der Waals surface area contributed by atoms with Gasteiger partial charge in [-0.3, -0.25) is 9.59 Å². The lowest BCUT2D eigenvalue weighted by Crippen LogP contribution is -2.32. The minimum absolute atomic E-state index is 0.0183. The third-order valence-electron chi connectivity index (χ3n) is 4.39. The summed E-state index contributed by atoms with van der Waals surface area (Å²) < 4.78 is 5.35. The number of hydrogen-bond donors (Lipinski definition) is 0. The molecule has 0 aliphatic heterocycles. The number of aryl methyl sites for hydroxylation is 1. The molecule has 2 aromatic carbocycles. The molecule has 25 heavy (non-hydrogen) atoms. The lowest BCUT2D eigenvalue weighted by molar-refractivity contribution is -0.130. The summed E-state index contributed by atoms with van der Waals surface area (Å²) in [7, 11) is 1.57. The molecule has 0 N–H and O–H groups in total. The van der Waals surface area contributed by atoms with Crippen molar-refractivity contribution in [2.24, 2.45) is 0 Å². The van der Waals surface area contributed by atoms with E-state index in [1.165, 1.54) is 12.5 Å². The summed E-state index contributed by atoms with van der Waals surface area (Å²) in [6, 6.07) is 13.3. The normalized spacial score (nSPS) is 10.4. The topological polar surface area (TPSA) is 46.6 Å². The van der Waals surface area contributed by atoms with Gasteiger partial charge in [0.2, 0.25) is 5.91 Å². The molecule has 132 valence electrons. The van der Waals surface area contributed by atoms with E-state index in [0.717, 1.165) is 11.1 Å². The second kappa shape index (κ2) is 8.47. The molecule has 0 bridgehead atoms. The van der Waals surface area contributed by atoms with Gasteiger partial charge in [0.25, 0.3) is 0 Å². The quantitative estimate of drug-likeness (QED) is 0.721. The lowest BCUT2D eigenvalue weighted by atomic mass is 10.0. The third kappa shape index (κ3) is 4.69. The predicted molar refractivity (Wildman–Crippen MR) is 99.0 cm³/mol. The van der Waals surface area contributed by atoms with Crippen LogP contribution >= 0.6 is 0 Å². The van der Waals surface area contributed by atoms with Crippen LogP contribution in [0.2, 0.25) is 0 Å². The molecule has 2 rings (SSSR count). The van der Waals surface area contributed by atoms with E-state index in [9.17, 15) is 9.59 Å². The highest BCUT2D eigenvalue weighted by atomic mass is 16.5. The van der Waals surface area contributed by atoms with E-state index in [1.807, 2.05) is 43.0 Å². The zero-order valence-corrected chi connectivity index (χ0v) is 15.3. The van der Waals surface area contributed by atoms with Crippen LogP contribution in [0.3, 0.4) is 0 Å². The SMILES string of the molecule is CCN(Cc1ccccc1C)C(=O)Cc1cc(C(C)=O)ccc1OC. The fraction of sp³-hybridized carbons (Fsp3) is 0.333. The molecule has 0 aromatic heterocycles. The number of carbonyl (C=O) groups excluding carboxylic acids is 2. The fourth-order valence-corrected chi connectivity index (χ4v) is 2.78. The van der Waals surface area contributed by atoms with Crippen molar-refractivity contribution >= 4 is 11.7 Å². The first kappa shape index (κ1) is 18.7. The Labute approximate surface area is 149 Å². The molecule has 0 saturated carbocycles. The average Bonchev–Trinajstić information content (AvgIpc) is 2.60. The van der Waals surface area contributed by atoms with Gasteiger partial charge in [-0.2, -0.15) is 0 Å². The van der Waals surface area contributed by atoms with Crippen LogP contribution in [0.15, 0.2) is 42.5 Å². The van der Waals surface area contributed by atoms with Crippen molar-refractivity contribution in [3.05, 3.63) is 64.7 Å². The molecule has 4 heteroatoms. The van der Waals surface area contributed by atoms with Crippen molar-refractivity contribution in [2.45, 2.75) is 33.7 Å². The third-order valence-corrected chi connectivity index (χ3v) is 4.39. The molecule has 4 nitrogen and oxygen atoms in total. The molecule has 0 spiro atoms. The zero-order valence-electron chi connectivity index (χ0n) is 15.3. The number of amides is 1. The van der Waals surface area contributed by atoms with Crippen molar-refractivity contribution in [1.29, 1.82) is 0 Å². The van der Waals surface area contributed by atoms with Crippen molar-refractivity contribution in [3.8, 4) is 5.75 Å². The molecular weight excluding hydrogens is 314 g/mol. The standard InChI is InChI=1S/C21H25NO3/c1-5-22(14-18-9-7-6-8-15(18)2)21(24)13-19-12-17(16(3)23)10-11-20(19)25-4/h6-12H,5,13-14H2,1-4H3. The minimum atomic E-state index is -0.0244. The number of methoxy groups -OCH3 is 1. The first-order chi connectivity index (χ1) is 12.0. The van der Waals surface area contributed by atoms with Crippen molar-refractivity contribution in [1.82, 2.24) is 4.90 Å². The van der Waals surface area contributed by atoms with Crippen molar-refractivity contribution in [3.63, 3.8) is 0 Å². The Kier molecular flexibility index (Phi) is 6.34. The Morgan fingerprint density at radius 2 is 1.80 bits per heavy atom. The second-order valence-corrected chi connectivity index (χ2v) is 6.09. The summed E-state index contributed by atoms with van der Waals surface area (Å²) in [5, 5.41) is 0. The average molecular weight is 339 g/mol. The number of carbonyl (C=O) groups is 2. The molecule has 1 amide bonds. The van der Waals surface area contributed by atoms with Crippen LogP contribution in [0.4, 0.5) is 0 Å². The molecular formula is C21H25NO3. The molecule has 0 unspecified atom stereocenters. The van der Waals surface area contributed by atoms with Gasteiger partial charge in [0, 0.05) is 24.2 Å². The maximum atomic E-state index is 12.8. The van der Waals surface area contributed by atoms with Crippen LogP contribution < -0.4 is 4.74 Å². The molecule has 0 radical (unpaired) electrons. The van der Waals surface area contributed by atoms with E-state index in [2.05, 4.69) is 0 Å². The van der Waals surface area contributed by atoms with E-state index < -0.39 is 0 Å². The van der Waals surface area contributed by atoms with E-state index >= 15 is 0 Å². The molecule has 0 saturated heterocycles. The Bertz CT molecular complexity index is 767. The minimum Gasteiger partial charge on any atom is -0.496 e. The highest BCUT2D eigenvalue weighted by Gasteiger charge is 2.17. The van der Waals surface area contributed by atoms with Crippen LogP contribution in [0.25, 0.3) is 0 Å². The van der Waals surface area contributed by atoms with E-state index in [-0.39, 0.29) is 18.1 Å². The first-order valence-electron chi connectivity index (χ1n) is 8.46. The molecule has 0 atom stereocenters. The van der Waals surface area contributed by atoms with Crippen LogP contribution in [-0.2, 0) is 17.8 Å². The summed E-state index contributed by atoms with van der Waals surface area (Å²) in [6.45, 7) is 6.74. The maximum absolute atomic E-state index is 12.8. The molecule has 0 heterocycles. The van der Waals surface area contributed by atoms with Gasteiger partial charge in [-0.15, -0.1) is 0 Å². The molecule has 0 aliphatic rings. The van der Waals surface area contributed by atoms with Crippen LogP contribution in [0.1, 0.15) is 40.9 Å². The van der Waals surface area contributed by atoms with Crippen LogP contribution in [0.5, 0.6) is 5.75 Å². The number of nitrogens with zero attached hydrogens (tertiary/aromatic N) is 1. The van der Waals surface area contributed by atoms with E-state index in [4.69, 9.17) is 4.74 Å². The highest BCUT2D eigenvalue weighted by Crippen LogP contribution is 2.22. The monoisotopic (exact) mass is 339 g/mol.